The number of carbonyl (C=O) groups excluding carboxylic acids is 1. The molecule has 158 valence electrons. The van der Waals surface area contributed by atoms with Crippen molar-refractivity contribution >= 4 is 16.4 Å². The fourth-order valence-electron chi connectivity index (χ4n) is 2.59. The Morgan fingerprint density at radius 3 is 1.39 bits per heavy atom. The molecule has 10 heteroatoms. The predicted molar refractivity (Wildman–Crippen MR) is 98.6 cm³/mol. The van der Waals surface area contributed by atoms with Crippen molar-refractivity contribution in [2.75, 3.05) is 0 Å². The molecule has 0 heterocycles. The number of ether oxygens (including phenoxy) is 1. The summed E-state index contributed by atoms with van der Waals surface area (Å²) in [6, 6.07) is 0. The maximum atomic E-state index is 10.6. The van der Waals surface area contributed by atoms with Crippen LogP contribution >= 0.6 is 0 Å². The van der Waals surface area contributed by atoms with Gasteiger partial charge in [-0.25, -0.2) is 0 Å². The molecule has 0 aromatic carbocycles. The molecule has 1 unspecified atom stereocenters. The molecule has 0 radical (unpaired) electrons. The summed E-state index contributed by atoms with van der Waals surface area (Å²) < 4.78 is 38.8. The molecule has 28 heavy (non-hydrogen) atoms. The summed E-state index contributed by atoms with van der Waals surface area (Å²) in [7, 11) is -5.17. The van der Waals surface area contributed by atoms with Gasteiger partial charge in [0.15, 0.2) is 0 Å². The van der Waals surface area contributed by atoms with Gasteiger partial charge in [-0.15, -0.1) is 0 Å². The summed E-state index contributed by atoms with van der Waals surface area (Å²) in [5.74, 6) is -0.405. The summed E-state index contributed by atoms with van der Waals surface area (Å²) in [6.07, 6.45) is 16.7. The molecular weight excluding hydrogens is 406 g/mol. The molecule has 0 aromatic heterocycles. The van der Waals surface area contributed by atoms with E-state index in [0.717, 1.165) is 12.8 Å². The number of hydrogen-bond acceptors (Lipinski definition) is 7. The molecule has 0 fully saturated rings. The fraction of sp³-hybridized carbons (Fsp3) is 0.944. The number of aliphatic hydroxyl groups is 1. The van der Waals surface area contributed by atoms with Crippen molar-refractivity contribution in [3.63, 3.8) is 0 Å². The molecule has 0 saturated heterocycles. The Bertz CT molecular complexity index is 412. The van der Waals surface area contributed by atoms with Crippen LogP contribution in [-0.4, -0.2) is 34.9 Å². The molecule has 0 aliphatic carbocycles. The van der Waals surface area contributed by atoms with Crippen molar-refractivity contribution in [2.45, 2.75) is 110 Å². The van der Waals surface area contributed by atoms with Gasteiger partial charge in [0.25, 0.3) is 0 Å². The second-order valence-electron chi connectivity index (χ2n) is 6.50. The van der Waals surface area contributed by atoms with E-state index < -0.39 is 22.7 Å². The Labute approximate surface area is 215 Å². The van der Waals surface area contributed by atoms with Gasteiger partial charge in [0.2, 0.25) is 6.29 Å². The van der Waals surface area contributed by atoms with Crippen LogP contribution in [0.15, 0.2) is 0 Å². The molecular formula is C18H36Na2O7S. The van der Waals surface area contributed by atoms with Crippen LogP contribution in [0.1, 0.15) is 104 Å². The van der Waals surface area contributed by atoms with Crippen LogP contribution in [0.3, 0.4) is 0 Å². The molecule has 0 spiro atoms. The van der Waals surface area contributed by atoms with Crippen molar-refractivity contribution in [1.82, 2.24) is 0 Å². The molecule has 0 saturated carbocycles. The van der Waals surface area contributed by atoms with Gasteiger partial charge in [-0.1, -0.05) is 84.0 Å². The van der Waals surface area contributed by atoms with Gasteiger partial charge in [-0.05, 0) is 6.42 Å². The number of carbonyl (C=O) groups is 1. The van der Waals surface area contributed by atoms with E-state index in [0.29, 0.717) is 6.42 Å². The molecule has 7 nitrogen and oxygen atoms in total. The number of rotatable bonds is 15. The van der Waals surface area contributed by atoms with Crippen LogP contribution < -0.4 is 59.1 Å². The first-order valence-electron chi connectivity index (χ1n) is 9.68. The topological polar surface area (TPSA) is 127 Å². The quantitative estimate of drug-likeness (QED) is 0.0778. The first-order valence-corrected chi connectivity index (χ1v) is 11.0. The van der Waals surface area contributed by atoms with Crippen LogP contribution in [-0.2, 0) is 19.9 Å². The summed E-state index contributed by atoms with van der Waals surface area (Å²) >= 11 is 0. The van der Waals surface area contributed by atoms with E-state index in [1.807, 2.05) is 0 Å². The Kier molecular flexibility index (Phi) is 34.5. The van der Waals surface area contributed by atoms with E-state index in [1.54, 1.807) is 0 Å². The summed E-state index contributed by atoms with van der Waals surface area (Å²) in [5, 5.41) is 9.35. The molecule has 0 bridgehead atoms. The summed E-state index contributed by atoms with van der Waals surface area (Å²) in [4.78, 5) is 10.6. The average molecular weight is 443 g/mol. The summed E-state index contributed by atoms with van der Waals surface area (Å²) in [5.41, 5.74) is 0. The van der Waals surface area contributed by atoms with Crippen LogP contribution in [0.4, 0.5) is 0 Å². The van der Waals surface area contributed by atoms with Crippen LogP contribution in [0.5, 0.6) is 0 Å². The minimum Gasteiger partial charge on any atom is -0.759 e. The smallest absolute Gasteiger partial charge is 0.759 e. The van der Waals surface area contributed by atoms with Crippen molar-refractivity contribution in [3.8, 4) is 0 Å². The van der Waals surface area contributed by atoms with Gasteiger partial charge in [-0.2, -0.15) is 0 Å². The minimum atomic E-state index is -5.17. The Morgan fingerprint density at radius 2 is 1.11 bits per heavy atom. The number of esters is 1. The normalized spacial score (nSPS) is 11.3. The van der Waals surface area contributed by atoms with Gasteiger partial charge in [0.05, 0.1) is 0 Å². The molecule has 0 aromatic rings. The van der Waals surface area contributed by atoms with Crippen molar-refractivity contribution < 1.29 is 91.3 Å². The number of unbranched alkanes of at least 4 members (excludes halogenated alkanes) is 12. The molecule has 0 rings (SSSR count). The Hall–Kier alpha value is 1.30. The predicted octanol–water partition coefficient (Wildman–Crippen LogP) is -1.98. The second-order valence-corrected chi connectivity index (χ2v) is 7.32. The van der Waals surface area contributed by atoms with Gasteiger partial charge in [-0.3, -0.25) is 13.2 Å². The van der Waals surface area contributed by atoms with Crippen molar-refractivity contribution in [1.29, 1.82) is 0 Å². The zero-order valence-electron chi connectivity index (χ0n) is 18.3. The first-order chi connectivity index (χ1) is 12.2. The van der Waals surface area contributed by atoms with Crippen LogP contribution in [0.2, 0.25) is 0 Å². The fourth-order valence-corrected chi connectivity index (χ4v) is 2.59. The van der Waals surface area contributed by atoms with Crippen LogP contribution in [0.25, 0.3) is 0 Å². The van der Waals surface area contributed by atoms with E-state index in [2.05, 4.69) is 11.7 Å². The van der Waals surface area contributed by atoms with Gasteiger partial charge in [0.1, 0.15) is 0 Å². The first kappa shape index (κ1) is 36.7. The maximum Gasteiger partial charge on any atom is 1.00 e. The monoisotopic (exact) mass is 442 g/mol. The summed E-state index contributed by atoms with van der Waals surface area (Å²) in [6.45, 7) is 3.59. The molecule has 1 N–H and O–H groups in total. The van der Waals surface area contributed by atoms with E-state index >= 15 is 0 Å². The second kappa shape index (κ2) is 26.3. The third-order valence-electron chi connectivity index (χ3n) is 3.86. The van der Waals surface area contributed by atoms with E-state index in [4.69, 9.17) is 17.5 Å². The SMILES string of the molecule is CCCCCCCCCCCCCCCC(O)OC(C)=O.O=S(=O)([O-])[O-].[Na+].[Na+]. The van der Waals surface area contributed by atoms with E-state index in [9.17, 15) is 9.90 Å². The van der Waals surface area contributed by atoms with Gasteiger partial charge < -0.3 is 18.9 Å². The number of hydrogen-bond donors (Lipinski definition) is 1. The van der Waals surface area contributed by atoms with E-state index in [-0.39, 0.29) is 59.1 Å². The molecule has 0 amide bonds. The third-order valence-corrected chi connectivity index (χ3v) is 3.86. The molecule has 1 atom stereocenters. The largest absolute Gasteiger partial charge is 1.00 e. The van der Waals surface area contributed by atoms with Crippen LogP contribution in [0, 0.1) is 0 Å². The molecule has 0 aliphatic rings. The molecule has 0 aliphatic heterocycles. The van der Waals surface area contributed by atoms with Gasteiger partial charge in [0, 0.05) is 23.7 Å². The average Bonchev–Trinajstić information content (AvgIpc) is 2.49. The Balaban J connectivity index is -0.000000364. The minimum absolute atomic E-state index is 0. The third kappa shape index (κ3) is 45.8. The Morgan fingerprint density at radius 1 is 0.821 bits per heavy atom. The van der Waals surface area contributed by atoms with E-state index in [1.165, 1.54) is 77.6 Å². The van der Waals surface area contributed by atoms with Crippen molar-refractivity contribution in [3.05, 3.63) is 0 Å². The van der Waals surface area contributed by atoms with Crippen molar-refractivity contribution in [2.24, 2.45) is 0 Å². The maximum absolute atomic E-state index is 10.6. The number of aliphatic hydroxyl groups excluding tert-OH is 1. The zero-order valence-corrected chi connectivity index (χ0v) is 23.1. The zero-order chi connectivity index (χ0) is 20.3. The van der Waals surface area contributed by atoms with Gasteiger partial charge >= 0.3 is 65.1 Å². The standard InChI is InChI=1S/C18H36O3.2Na.H2O4S/c1-3-4-5-6-7-8-9-10-11-12-13-14-15-16-18(20)21-17(2)19;;;1-5(2,3)4/h18,20H,3-16H2,1-2H3;;;(H2,1,2,3,4)/q;2*+1;/p-2.